The lowest BCUT2D eigenvalue weighted by Crippen LogP contribution is -2.46. The van der Waals surface area contributed by atoms with E-state index in [1.165, 1.54) is 6.20 Å². The highest BCUT2D eigenvalue weighted by molar-refractivity contribution is 5.95. The maximum atomic E-state index is 12.5. The number of amides is 2. The highest BCUT2D eigenvalue weighted by Gasteiger charge is 2.25. The third kappa shape index (κ3) is 3.48. The molecule has 1 aliphatic heterocycles. The molecule has 0 radical (unpaired) electrons. The number of carbonyl (C=O) groups excluding carboxylic acids is 2. The number of hydrogen-bond donors (Lipinski definition) is 1. The highest BCUT2D eigenvalue weighted by Crippen LogP contribution is 2.16. The Balaban J connectivity index is 1.54. The number of nitrogens with zero attached hydrogens (tertiary/aromatic N) is 2. The van der Waals surface area contributed by atoms with Gasteiger partial charge in [0.2, 0.25) is 0 Å². The van der Waals surface area contributed by atoms with Crippen molar-refractivity contribution < 1.29 is 14.1 Å². The van der Waals surface area contributed by atoms with E-state index in [-0.39, 0.29) is 17.9 Å². The van der Waals surface area contributed by atoms with Crippen LogP contribution in [0.2, 0.25) is 0 Å². The minimum atomic E-state index is -0.169. The number of aromatic nitrogens is 1. The minimum Gasteiger partial charge on any atom is -0.361 e. The second-order valence-corrected chi connectivity index (χ2v) is 6.20. The lowest BCUT2D eigenvalue weighted by Gasteiger charge is -2.32. The van der Waals surface area contributed by atoms with E-state index in [0.717, 1.165) is 18.4 Å². The number of piperidine rings is 1. The summed E-state index contributed by atoms with van der Waals surface area (Å²) in [6, 6.07) is 7.68. The molecule has 0 atom stereocenters. The van der Waals surface area contributed by atoms with E-state index in [1.54, 1.807) is 6.92 Å². The van der Waals surface area contributed by atoms with E-state index in [4.69, 9.17) is 4.52 Å². The van der Waals surface area contributed by atoms with Crippen LogP contribution in [0.25, 0.3) is 0 Å². The summed E-state index contributed by atoms with van der Waals surface area (Å²) >= 11 is 0. The molecule has 1 N–H and O–H groups in total. The zero-order valence-electron chi connectivity index (χ0n) is 13.9. The first-order valence-electron chi connectivity index (χ1n) is 8.12. The molecule has 1 aromatic carbocycles. The topological polar surface area (TPSA) is 75.4 Å². The molecule has 0 unspecified atom stereocenters. The first-order chi connectivity index (χ1) is 11.5. The van der Waals surface area contributed by atoms with Crippen LogP contribution in [0.4, 0.5) is 0 Å². The van der Waals surface area contributed by atoms with Crippen molar-refractivity contribution in [3.8, 4) is 0 Å². The molecule has 1 aliphatic rings. The predicted molar refractivity (Wildman–Crippen MR) is 88.8 cm³/mol. The number of aryl methyl sites for hydroxylation is 2. The second kappa shape index (κ2) is 6.86. The lowest BCUT2D eigenvalue weighted by molar-refractivity contribution is 0.0698. The van der Waals surface area contributed by atoms with Crippen molar-refractivity contribution in [2.75, 3.05) is 13.1 Å². The average Bonchev–Trinajstić information content (AvgIpc) is 3.02. The van der Waals surface area contributed by atoms with Crippen molar-refractivity contribution in [3.63, 3.8) is 0 Å². The number of hydrogen-bond acceptors (Lipinski definition) is 4. The summed E-state index contributed by atoms with van der Waals surface area (Å²) in [4.78, 5) is 26.5. The van der Waals surface area contributed by atoms with Crippen LogP contribution < -0.4 is 5.32 Å². The van der Waals surface area contributed by atoms with Gasteiger partial charge in [0.25, 0.3) is 11.8 Å². The van der Waals surface area contributed by atoms with Gasteiger partial charge in [-0.2, -0.15) is 0 Å². The van der Waals surface area contributed by atoms with Gasteiger partial charge in [-0.1, -0.05) is 22.9 Å². The van der Waals surface area contributed by atoms with Gasteiger partial charge in [0.1, 0.15) is 11.3 Å². The van der Waals surface area contributed by atoms with Gasteiger partial charge >= 0.3 is 0 Å². The standard InChI is InChI=1S/C18H21N3O3/c1-12-3-5-14(6-4-12)18(23)21-9-7-15(8-10-21)20-17(22)16-11-19-24-13(16)2/h3-6,11,15H,7-10H2,1-2H3,(H,20,22). The maximum absolute atomic E-state index is 12.5. The molecule has 0 aliphatic carbocycles. The van der Waals surface area contributed by atoms with Gasteiger partial charge in [-0.05, 0) is 38.8 Å². The van der Waals surface area contributed by atoms with E-state index >= 15 is 0 Å². The van der Waals surface area contributed by atoms with Gasteiger partial charge in [0, 0.05) is 24.7 Å². The normalized spacial score (nSPS) is 15.3. The van der Waals surface area contributed by atoms with Crippen LogP contribution in [0.1, 0.15) is 44.9 Å². The highest BCUT2D eigenvalue weighted by atomic mass is 16.5. The molecule has 0 saturated carbocycles. The fourth-order valence-electron chi connectivity index (χ4n) is 2.89. The van der Waals surface area contributed by atoms with Crippen LogP contribution in [0.5, 0.6) is 0 Å². The summed E-state index contributed by atoms with van der Waals surface area (Å²) in [6.45, 7) is 4.99. The monoisotopic (exact) mass is 327 g/mol. The van der Waals surface area contributed by atoms with Gasteiger partial charge in [-0.25, -0.2) is 0 Å². The zero-order valence-corrected chi connectivity index (χ0v) is 13.9. The molecule has 2 heterocycles. The third-order valence-corrected chi connectivity index (χ3v) is 4.41. The van der Waals surface area contributed by atoms with E-state index in [0.29, 0.717) is 30.0 Å². The van der Waals surface area contributed by atoms with Gasteiger partial charge in [0.05, 0.1) is 6.20 Å². The Hall–Kier alpha value is -2.63. The van der Waals surface area contributed by atoms with Crippen molar-refractivity contribution in [1.82, 2.24) is 15.4 Å². The van der Waals surface area contributed by atoms with Gasteiger partial charge in [0.15, 0.2) is 0 Å². The number of carbonyl (C=O) groups is 2. The van der Waals surface area contributed by atoms with Crippen molar-refractivity contribution >= 4 is 11.8 Å². The Morgan fingerprint density at radius 1 is 1.17 bits per heavy atom. The number of benzene rings is 1. The van der Waals surface area contributed by atoms with Gasteiger partial charge < -0.3 is 14.7 Å². The number of rotatable bonds is 3. The van der Waals surface area contributed by atoms with Crippen molar-refractivity contribution in [2.24, 2.45) is 0 Å². The fourth-order valence-corrected chi connectivity index (χ4v) is 2.89. The van der Waals surface area contributed by atoms with E-state index in [1.807, 2.05) is 36.1 Å². The average molecular weight is 327 g/mol. The Morgan fingerprint density at radius 3 is 2.42 bits per heavy atom. The number of likely N-dealkylation sites (tertiary alicyclic amines) is 1. The zero-order chi connectivity index (χ0) is 17.1. The van der Waals surface area contributed by atoms with Crippen LogP contribution in [0.15, 0.2) is 35.0 Å². The minimum absolute atomic E-state index is 0.0506. The van der Waals surface area contributed by atoms with Crippen LogP contribution in [-0.2, 0) is 0 Å². The molecule has 1 saturated heterocycles. The van der Waals surface area contributed by atoms with E-state index in [9.17, 15) is 9.59 Å². The van der Waals surface area contributed by atoms with Gasteiger partial charge in [-0.15, -0.1) is 0 Å². The molecule has 2 aromatic rings. The first kappa shape index (κ1) is 16.2. The van der Waals surface area contributed by atoms with Crippen LogP contribution in [-0.4, -0.2) is 41.0 Å². The van der Waals surface area contributed by atoms with Crippen molar-refractivity contribution in [1.29, 1.82) is 0 Å². The summed E-state index contributed by atoms with van der Waals surface area (Å²) in [5.41, 5.74) is 2.31. The van der Waals surface area contributed by atoms with E-state index < -0.39 is 0 Å². The second-order valence-electron chi connectivity index (χ2n) is 6.20. The molecular weight excluding hydrogens is 306 g/mol. The van der Waals surface area contributed by atoms with Crippen LogP contribution in [0, 0.1) is 13.8 Å². The summed E-state index contributed by atoms with van der Waals surface area (Å²) in [5, 5.41) is 6.61. The van der Waals surface area contributed by atoms with E-state index in [2.05, 4.69) is 10.5 Å². The first-order valence-corrected chi connectivity index (χ1v) is 8.12. The molecule has 1 fully saturated rings. The van der Waals surface area contributed by atoms with Gasteiger partial charge in [-0.3, -0.25) is 9.59 Å². The summed E-state index contributed by atoms with van der Waals surface area (Å²) < 4.78 is 4.92. The smallest absolute Gasteiger partial charge is 0.256 e. The van der Waals surface area contributed by atoms with Crippen molar-refractivity contribution in [3.05, 3.63) is 52.9 Å². The predicted octanol–water partition coefficient (Wildman–Crippen LogP) is 2.33. The molecule has 2 amide bonds. The van der Waals surface area contributed by atoms with Crippen LogP contribution >= 0.6 is 0 Å². The largest absolute Gasteiger partial charge is 0.361 e. The van der Waals surface area contributed by atoms with Crippen molar-refractivity contribution in [2.45, 2.75) is 32.7 Å². The Labute approximate surface area is 140 Å². The Bertz CT molecular complexity index is 728. The number of nitrogens with one attached hydrogen (secondary N) is 1. The molecule has 24 heavy (non-hydrogen) atoms. The third-order valence-electron chi connectivity index (χ3n) is 4.41. The Kier molecular flexibility index (Phi) is 4.64. The molecular formula is C18H21N3O3. The molecule has 6 nitrogen and oxygen atoms in total. The fraction of sp³-hybridized carbons (Fsp3) is 0.389. The quantitative estimate of drug-likeness (QED) is 0.939. The summed E-state index contributed by atoms with van der Waals surface area (Å²) in [7, 11) is 0. The molecule has 1 aromatic heterocycles. The molecule has 0 spiro atoms. The van der Waals surface area contributed by atoms with Crippen LogP contribution in [0.3, 0.4) is 0 Å². The maximum Gasteiger partial charge on any atom is 0.256 e. The summed E-state index contributed by atoms with van der Waals surface area (Å²) in [6.07, 6.45) is 2.92. The molecule has 0 bridgehead atoms. The Morgan fingerprint density at radius 2 is 1.83 bits per heavy atom. The SMILES string of the molecule is Cc1ccc(C(=O)N2CCC(NC(=O)c3cnoc3C)CC2)cc1. The molecule has 3 rings (SSSR count). The molecule has 6 heteroatoms. The summed E-state index contributed by atoms with van der Waals surface area (Å²) in [5.74, 6) is 0.395. The molecule has 126 valence electrons. The lowest BCUT2D eigenvalue weighted by atomic mass is 10.0.